The van der Waals surface area contributed by atoms with Gasteiger partial charge < -0.3 is 20.1 Å². The molecule has 0 radical (unpaired) electrons. The highest BCUT2D eigenvalue weighted by atomic mass is 16.6. The van der Waals surface area contributed by atoms with Crippen molar-refractivity contribution in [2.24, 2.45) is 0 Å². The fourth-order valence-corrected chi connectivity index (χ4v) is 2.19. The van der Waals surface area contributed by atoms with E-state index in [1.165, 1.54) is 0 Å². The van der Waals surface area contributed by atoms with Crippen molar-refractivity contribution in [2.75, 3.05) is 6.54 Å². The number of hydrogen-bond donors (Lipinski definition) is 2. The van der Waals surface area contributed by atoms with Crippen LogP contribution in [0.3, 0.4) is 0 Å². The van der Waals surface area contributed by atoms with E-state index in [2.05, 4.69) is 10.6 Å². The summed E-state index contributed by atoms with van der Waals surface area (Å²) >= 11 is 0. The molecule has 0 spiro atoms. The summed E-state index contributed by atoms with van der Waals surface area (Å²) < 4.78 is 10.2. The van der Waals surface area contributed by atoms with Crippen molar-refractivity contribution in [3.63, 3.8) is 0 Å². The summed E-state index contributed by atoms with van der Waals surface area (Å²) in [4.78, 5) is 22.8. The van der Waals surface area contributed by atoms with Crippen LogP contribution in [0.25, 0.3) is 0 Å². The van der Waals surface area contributed by atoms with Crippen molar-refractivity contribution >= 4 is 12.2 Å². The molecule has 21 heavy (non-hydrogen) atoms. The third-order valence-electron chi connectivity index (χ3n) is 3.26. The maximum atomic E-state index is 11.6. The Morgan fingerprint density at radius 1 is 1.38 bits per heavy atom. The van der Waals surface area contributed by atoms with Gasteiger partial charge in [0.1, 0.15) is 12.7 Å². The number of nitrogens with one attached hydrogen (secondary N) is 2. The first-order valence-corrected chi connectivity index (χ1v) is 7.10. The van der Waals surface area contributed by atoms with E-state index >= 15 is 0 Å². The Balaban J connectivity index is 1.72. The number of hydrogen-bond acceptors (Lipinski definition) is 4. The van der Waals surface area contributed by atoms with Crippen LogP contribution in [0, 0.1) is 0 Å². The van der Waals surface area contributed by atoms with E-state index < -0.39 is 12.2 Å². The van der Waals surface area contributed by atoms with Gasteiger partial charge in [-0.15, -0.1) is 0 Å². The van der Waals surface area contributed by atoms with Gasteiger partial charge in [0.2, 0.25) is 0 Å². The van der Waals surface area contributed by atoms with E-state index in [4.69, 9.17) is 9.47 Å². The van der Waals surface area contributed by atoms with Gasteiger partial charge in [-0.25, -0.2) is 9.59 Å². The maximum Gasteiger partial charge on any atom is 0.407 e. The van der Waals surface area contributed by atoms with Gasteiger partial charge in [-0.2, -0.15) is 0 Å². The Hall–Kier alpha value is -2.24. The number of alkyl carbamates (subject to hydrolysis) is 2. The lowest BCUT2D eigenvalue weighted by atomic mass is 10.1. The molecule has 1 aromatic carbocycles. The van der Waals surface area contributed by atoms with Gasteiger partial charge in [-0.05, 0) is 12.0 Å². The molecule has 1 fully saturated rings. The smallest absolute Gasteiger partial charge is 0.407 e. The van der Waals surface area contributed by atoms with Crippen LogP contribution in [-0.2, 0) is 16.1 Å². The lowest BCUT2D eigenvalue weighted by molar-refractivity contribution is 0.121. The minimum atomic E-state index is -0.504. The van der Waals surface area contributed by atoms with Crippen LogP contribution < -0.4 is 10.6 Å². The van der Waals surface area contributed by atoms with E-state index in [9.17, 15) is 9.59 Å². The average molecular weight is 292 g/mol. The Labute approximate surface area is 123 Å². The molecule has 1 saturated heterocycles. The number of amides is 2. The molecule has 0 saturated carbocycles. The lowest BCUT2D eigenvalue weighted by Gasteiger charge is -2.16. The van der Waals surface area contributed by atoms with Crippen molar-refractivity contribution < 1.29 is 19.1 Å². The second-order valence-electron chi connectivity index (χ2n) is 4.93. The fraction of sp³-hybridized carbons (Fsp3) is 0.467. The Kier molecular flexibility index (Phi) is 5.43. The zero-order valence-corrected chi connectivity index (χ0v) is 12.0. The molecule has 0 unspecified atom stereocenters. The van der Waals surface area contributed by atoms with Gasteiger partial charge in [0.15, 0.2) is 0 Å². The van der Waals surface area contributed by atoms with Crippen LogP contribution >= 0.6 is 0 Å². The summed E-state index contributed by atoms with van der Waals surface area (Å²) in [6, 6.07) is 9.24. The number of carbonyl (C=O) groups is 2. The first-order valence-electron chi connectivity index (χ1n) is 7.10. The molecule has 0 aromatic heterocycles. The number of benzene rings is 1. The van der Waals surface area contributed by atoms with E-state index in [0.29, 0.717) is 6.54 Å². The van der Waals surface area contributed by atoms with E-state index in [0.717, 1.165) is 18.4 Å². The van der Waals surface area contributed by atoms with Crippen molar-refractivity contribution in [1.82, 2.24) is 10.6 Å². The van der Waals surface area contributed by atoms with Crippen molar-refractivity contribution in [2.45, 2.75) is 38.5 Å². The first-order chi connectivity index (χ1) is 10.2. The van der Waals surface area contributed by atoms with Crippen LogP contribution in [0.15, 0.2) is 30.3 Å². The highest BCUT2D eigenvalue weighted by Crippen LogP contribution is 2.13. The molecule has 1 aromatic rings. The van der Waals surface area contributed by atoms with Gasteiger partial charge in [0, 0.05) is 6.54 Å². The van der Waals surface area contributed by atoms with E-state index in [-0.39, 0.29) is 18.8 Å². The van der Waals surface area contributed by atoms with E-state index in [1.807, 2.05) is 37.3 Å². The highest BCUT2D eigenvalue weighted by molar-refractivity contribution is 5.71. The standard InChI is InChI=1S/C15H20N2O4/c1-2-6-13-12(17-15(19)21-13)9-16-14(18)20-10-11-7-4-3-5-8-11/h3-5,7-8,12-13H,2,6,9-10H2,1H3,(H,16,18)(H,17,19)/t12-,13+/m1/s1. The molecular formula is C15H20N2O4. The maximum absolute atomic E-state index is 11.6. The molecule has 114 valence electrons. The molecule has 1 heterocycles. The van der Waals surface area contributed by atoms with Crippen LogP contribution in [-0.4, -0.2) is 30.9 Å². The normalized spacial score (nSPS) is 20.5. The largest absolute Gasteiger partial charge is 0.445 e. The lowest BCUT2D eigenvalue weighted by Crippen LogP contribution is -2.43. The van der Waals surface area contributed by atoms with Crippen LogP contribution in [0.2, 0.25) is 0 Å². The topological polar surface area (TPSA) is 76.7 Å². The average Bonchev–Trinajstić information content (AvgIpc) is 2.84. The van der Waals surface area contributed by atoms with Gasteiger partial charge in [-0.1, -0.05) is 43.7 Å². The SMILES string of the molecule is CCC[C@@H]1OC(=O)N[C@@H]1CNC(=O)OCc1ccccc1. The molecule has 2 N–H and O–H groups in total. The highest BCUT2D eigenvalue weighted by Gasteiger charge is 2.33. The molecular weight excluding hydrogens is 272 g/mol. The number of rotatable bonds is 6. The Morgan fingerprint density at radius 2 is 2.14 bits per heavy atom. The molecule has 0 bridgehead atoms. The van der Waals surface area contributed by atoms with Crippen LogP contribution in [0.5, 0.6) is 0 Å². The molecule has 1 aliphatic heterocycles. The van der Waals surface area contributed by atoms with Crippen molar-refractivity contribution in [3.05, 3.63) is 35.9 Å². The minimum Gasteiger partial charge on any atom is -0.445 e. The third-order valence-corrected chi connectivity index (χ3v) is 3.26. The predicted octanol–water partition coefficient (Wildman–Crippen LogP) is 2.19. The zero-order valence-electron chi connectivity index (χ0n) is 12.0. The molecule has 2 amide bonds. The molecule has 2 rings (SSSR count). The third kappa shape index (κ3) is 4.66. The molecule has 6 heteroatoms. The summed E-state index contributed by atoms with van der Waals surface area (Å²) in [5, 5.41) is 5.33. The minimum absolute atomic E-state index is 0.197. The van der Waals surface area contributed by atoms with E-state index in [1.54, 1.807) is 0 Å². The monoisotopic (exact) mass is 292 g/mol. The van der Waals surface area contributed by atoms with Crippen molar-refractivity contribution in [1.29, 1.82) is 0 Å². The fourth-order valence-electron chi connectivity index (χ4n) is 2.19. The Morgan fingerprint density at radius 3 is 2.86 bits per heavy atom. The molecule has 0 aliphatic carbocycles. The number of cyclic esters (lactones) is 1. The Bertz CT molecular complexity index is 478. The molecule has 6 nitrogen and oxygen atoms in total. The molecule has 1 aliphatic rings. The summed E-state index contributed by atoms with van der Waals surface area (Å²) in [7, 11) is 0. The number of carbonyl (C=O) groups excluding carboxylic acids is 2. The van der Waals surface area contributed by atoms with Crippen LogP contribution in [0.4, 0.5) is 9.59 Å². The quantitative estimate of drug-likeness (QED) is 0.842. The van der Waals surface area contributed by atoms with Gasteiger partial charge in [0.25, 0.3) is 0 Å². The predicted molar refractivity (Wildman–Crippen MR) is 76.7 cm³/mol. The number of ether oxygens (including phenoxy) is 2. The van der Waals surface area contributed by atoms with Gasteiger partial charge >= 0.3 is 12.2 Å². The first kappa shape index (κ1) is 15.2. The summed E-state index contributed by atoms with van der Waals surface area (Å²) in [6.45, 7) is 2.54. The molecule has 2 atom stereocenters. The second-order valence-corrected chi connectivity index (χ2v) is 4.93. The van der Waals surface area contributed by atoms with Gasteiger partial charge in [-0.3, -0.25) is 0 Å². The zero-order chi connectivity index (χ0) is 15.1. The summed E-state index contributed by atoms with van der Waals surface area (Å²) in [6.07, 6.45) is 0.545. The summed E-state index contributed by atoms with van der Waals surface area (Å²) in [5.74, 6) is 0. The van der Waals surface area contributed by atoms with Crippen LogP contribution in [0.1, 0.15) is 25.3 Å². The summed E-state index contributed by atoms with van der Waals surface area (Å²) in [5.41, 5.74) is 0.925. The van der Waals surface area contributed by atoms with Gasteiger partial charge in [0.05, 0.1) is 6.04 Å². The van der Waals surface area contributed by atoms with Crippen molar-refractivity contribution in [3.8, 4) is 0 Å². The second kappa shape index (κ2) is 7.52.